The Labute approximate surface area is 215 Å². The molecule has 13 heteroatoms. The molecule has 1 aromatic heterocycles. The lowest BCUT2D eigenvalue weighted by atomic mass is 10.1. The van der Waals surface area contributed by atoms with Gasteiger partial charge in [0.15, 0.2) is 0 Å². The Kier molecular flexibility index (Phi) is 9.25. The number of carbonyl (C=O) groups excluding carboxylic acids is 2. The SMILES string of the molecule is CCOc1cc2ncnc(Nc3ccc(F)c(Cl)c3)c2cc1NC(=O)[C@H](C)NC(=O)CSCC(=O)O. The van der Waals surface area contributed by atoms with Crippen molar-refractivity contribution in [2.75, 3.05) is 28.7 Å². The quantitative estimate of drug-likeness (QED) is 0.288. The molecule has 2 aromatic carbocycles. The number of thioether (sulfide) groups is 1. The number of carbonyl (C=O) groups is 3. The number of nitrogens with one attached hydrogen (secondary N) is 3. The predicted molar refractivity (Wildman–Crippen MR) is 137 cm³/mol. The molecular weight excluding hydrogens is 513 g/mol. The van der Waals surface area contributed by atoms with Crippen LogP contribution in [0.4, 0.5) is 21.6 Å². The average molecular weight is 536 g/mol. The fourth-order valence-corrected chi connectivity index (χ4v) is 3.81. The van der Waals surface area contributed by atoms with Crippen LogP contribution in [0.1, 0.15) is 13.8 Å². The van der Waals surface area contributed by atoms with Crippen LogP contribution in [0.5, 0.6) is 5.75 Å². The third kappa shape index (κ3) is 7.18. The van der Waals surface area contributed by atoms with E-state index in [-0.39, 0.29) is 16.5 Å². The summed E-state index contributed by atoms with van der Waals surface area (Å²) in [6.45, 7) is 3.62. The van der Waals surface area contributed by atoms with Crippen molar-refractivity contribution >= 4 is 69.2 Å². The number of anilines is 3. The third-order valence-corrected chi connectivity index (χ3v) is 5.91. The monoisotopic (exact) mass is 535 g/mol. The van der Waals surface area contributed by atoms with Crippen LogP contribution in [0.3, 0.4) is 0 Å². The van der Waals surface area contributed by atoms with Crippen LogP contribution >= 0.6 is 23.4 Å². The number of halogens is 2. The number of aromatic nitrogens is 2. The Bertz CT molecular complexity index is 1300. The van der Waals surface area contributed by atoms with Crippen molar-refractivity contribution in [3.8, 4) is 5.75 Å². The van der Waals surface area contributed by atoms with Gasteiger partial charge in [-0.3, -0.25) is 14.4 Å². The van der Waals surface area contributed by atoms with E-state index in [0.717, 1.165) is 11.8 Å². The molecule has 0 fully saturated rings. The molecule has 2 amide bonds. The van der Waals surface area contributed by atoms with Crippen LogP contribution in [0.25, 0.3) is 10.9 Å². The number of fused-ring (bicyclic) bond motifs is 1. The zero-order chi connectivity index (χ0) is 26.2. The number of rotatable bonds is 11. The largest absolute Gasteiger partial charge is 0.492 e. The lowest BCUT2D eigenvalue weighted by Gasteiger charge is -2.17. The molecule has 0 aliphatic carbocycles. The van der Waals surface area contributed by atoms with Gasteiger partial charge >= 0.3 is 5.97 Å². The Morgan fingerprint density at radius 1 is 1.19 bits per heavy atom. The van der Waals surface area contributed by atoms with Gasteiger partial charge in [-0.15, -0.1) is 11.8 Å². The molecule has 3 aromatic rings. The van der Waals surface area contributed by atoms with E-state index in [1.54, 1.807) is 19.1 Å². The molecule has 1 atom stereocenters. The highest BCUT2D eigenvalue weighted by Crippen LogP contribution is 2.34. The minimum absolute atomic E-state index is 0.0534. The highest BCUT2D eigenvalue weighted by atomic mass is 35.5. The molecule has 36 heavy (non-hydrogen) atoms. The number of ether oxygens (including phenoxy) is 1. The fourth-order valence-electron chi connectivity index (χ4n) is 3.09. The third-order valence-electron chi connectivity index (χ3n) is 4.71. The zero-order valence-electron chi connectivity index (χ0n) is 19.3. The van der Waals surface area contributed by atoms with Crippen molar-refractivity contribution in [2.24, 2.45) is 0 Å². The van der Waals surface area contributed by atoms with E-state index in [9.17, 15) is 18.8 Å². The number of hydrogen-bond donors (Lipinski definition) is 4. The van der Waals surface area contributed by atoms with Gasteiger partial charge in [0, 0.05) is 17.1 Å². The number of amides is 2. The molecule has 3 rings (SSSR count). The van der Waals surface area contributed by atoms with Gasteiger partial charge in [-0.25, -0.2) is 14.4 Å². The van der Waals surface area contributed by atoms with Crippen molar-refractivity contribution in [3.05, 3.63) is 47.5 Å². The molecule has 0 unspecified atom stereocenters. The van der Waals surface area contributed by atoms with Crippen LogP contribution < -0.4 is 20.7 Å². The number of benzene rings is 2. The number of nitrogens with zero attached hydrogens (tertiary/aromatic N) is 2. The van der Waals surface area contributed by atoms with Gasteiger partial charge in [0.1, 0.15) is 29.8 Å². The Hall–Kier alpha value is -3.64. The average Bonchev–Trinajstić information content (AvgIpc) is 2.82. The highest BCUT2D eigenvalue weighted by Gasteiger charge is 2.19. The Morgan fingerprint density at radius 3 is 2.67 bits per heavy atom. The first-order valence-corrected chi connectivity index (χ1v) is 12.2. The second-order valence-electron chi connectivity index (χ2n) is 7.44. The molecule has 0 saturated carbocycles. The van der Waals surface area contributed by atoms with Gasteiger partial charge in [0.25, 0.3) is 0 Å². The van der Waals surface area contributed by atoms with Gasteiger partial charge in [0.2, 0.25) is 11.8 Å². The second-order valence-corrected chi connectivity index (χ2v) is 8.83. The van der Waals surface area contributed by atoms with E-state index in [4.69, 9.17) is 21.4 Å². The number of aliphatic carboxylic acids is 1. The summed E-state index contributed by atoms with van der Waals surface area (Å²) in [6.07, 6.45) is 1.35. The van der Waals surface area contributed by atoms with Gasteiger partial charge in [-0.2, -0.15) is 0 Å². The summed E-state index contributed by atoms with van der Waals surface area (Å²) in [4.78, 5) is 43.9. The molecule has 1 heterocycles. The first kappa shape index (κ1) is 27.0. The molecular formula is C23H23ClFN5O5S. The molecule has 190 valence electrons. The van der Waals surface area contributed by atoms with E-state index >= 15 is 0 Å². The summed E-state index contributed by atoms with van der Waals surface area (Å²) in [7, 11) is 0. The van der Waals surface area contributed by atoms with Gasteiger partial charge in [-0.05, 0) is 38.1 Å². The second kappa shape index (κ2) is 12.4. The van der Waals surface area contributed by atoms with Crippen molar-refractivity contribution in [2.45, 2.75) is 19.9 Å². The van der Waals surface area contributed by atoms with E-state index in [1.807, 2.05) is 0 Å². The van der Waals surface area contributed by atoms with E-state index < -0.39 is 29.6 Å². The summed E-state index contributed by atoms with van der Waals surface area (Å²) in [5.41, 5.74) is 1.35. The Balaban J connectivity index is 1.83. The highest BCUT2D eigenvalue weighted by molar-refractivity contribution is 8.00. The van der Waals surface area contributed by atoms with Crippen LogP contribution in [0, 0.1) is 5.82 Å². The van der Waals surface area contributed by atoms with Crippen molar-refractivity contribution < 1.29 is 28.6 Å². The molecule has 0 aliphatic heterocycles. The lowest BCUT2D eigenvalue weighted by Crippen LogP contribution is -2.42. The minimum atomic E-state index is -1.03. The molecule has 0 saturated heterocycles. The van der Waals surface area contributed by atoms with Crippen molar-refractivity contribution in [1.29, 1.82) is 0 Å². The standard InChI is InChI=1S/C23H23ClFN5O5S/c1-3-35-19-8-17-14(22(27-11-26-17)29-13-4-5-16(25)15(24)6-13)7-18(19)30-23(34)12(2)28-20(31)9-36-10-21(32)33/h4-8,11-12H,3,9-10H2,1-2H3,(H,28,31)(H,30,34)(H,32,33)(H,26,27,29)/t12-/m0/s1. The summed E-state index contributed by atoms with van der Waals surface area (Å²) in [5, 5.41) is 17.5. The van der Waals surface area contributed by atoms with Gasteiger partial charge in [0.05, 0.1) is 34.3 Å². The predicted octanol–water partition coefficient (Wildman–Crippen LogP) is 3.83. The zero-order valence-corrected chi connectivity index (χ0v) is 20.9. The number of hydrogen-bond acceptors (Lipinski definition) is 8. The molecule has 10 nitrogen and oxygen atoms in total. The van der Waals surface area contributed by atoms with Crippen LogP contribution in [-0.4, -0.2) is 57.0 Å². The van der Waals surface area contributed by atoms with Crippen LogP contribution in [0.15, 0.2) is 36.7 Å². The molecule has 4 N–H and O–H groups in total. The van der Waals surface area contributed by atoms with E-state index in [2.05, 4.69) is 25.9 Å². The van der Waals surface area contributed by atoms with Crippen LogP contribution in [0.2, 0.25) is 5.02 Å². The molecule has 0 spiro atoms. The first-order valence-electron chi connectivity index (χ1n) is 10.7. The molecule has 0 bridgehead atoms. The maximum Gasteiger partial charge on any atom is 0.313 e. The van der Waals surface area contributed by atoms with Gasteiger partial charge in [-0.1, -0.05) is 11.6 Å². The molecule has 0 radical (unpaired) electrons. The number of carboxylic acids is 1. The normalized spacial score (nSPS) is 11.6. The molecule has 0 aliphatic rings. The summed E-state index contributed by atoms with van der Waals surface area (Å²) in [5.74, 6) is -2.12. The fraction of sp³-hybridized carbons (Fsp3) is 0.261. The minimum Gasteiger partial charge on any atom is -0.492 e. The number of carboxylic acid groups (broad SMARTS) is 1. The van der Waals surface area contributed by atoms with Gasteiger partial charge < -0.3 is 25.8 Å². The lowest BCUT2D eigenvalue weighted by molar-refractivity contribution is -0.133. The van der Waals surface area contributed by atoms with Crippen LogP contribution in [-0.2, 0) is 14.4 Å². The smallest absolute Gasteiger partial charge is 0.313 e. The van der Waals surface area contributed by atoms with Crippen molar-refractivity contribution in [1.82, 2.24) is 15.3 Å². The first-order chi connectivity index (χ1) is 17.2. The van der Waals surface area contributed by atoms with E-state index in [0.29, 0.717) is 40.5 Å². The maximum atomic E-state index is 13.5. The summed E-state index contributed by atoms with van der Waals surface area (Å²) in [6, 6.07) is 6.52. The van der Waals surface area contributed by atoms with Crippen molar-refractivity contribution in [3.63, 3.8) is 0 Å². The summed E-state index contributed by atoms with van der Waals surface area (Å²) < 4.78 is 19.2. The Morgan fingerprint density at radius 2 is 1.97 bits per heavy atom. The maximum absolute atomic E-state index is 13.5. The van der Waals surface area contributed by atoms with E-state index in [1.165, 1.54) is 31.5 Å². The summed E-state index contributed by atoms with van der Waals surface area (Å²) >= 11 is 6.80. The topological polar surface area (TPSA) is 143 Å².